The van der Waals surface area contributed by atoms with Crippen LogP contribution in [0.15, 0.2) is 24.3 Å². The van der Waals surface area contributed by atoms with Gasteiger partial charge in [0.15, 0.2) is 0 Å². The van der Waals surface area contributed by atoms with E-state index < -0.39 is 0 Å². The fourth-order valence-electron chi connectivity index (χ4n) is 1.96. The molecule has 0 N–H and O–H groups in total. The third kappa shape index (κ3) is 1.20. The van der Waals surface area contributed by atoms with Crippen LogP contribution in [0.1, 0.15) is 16.7 Å². The minimum Gasteiger partial charge on any atom is -0.206 e. The van der Waals surface area contributed by atoms with Crippen molar-refractivity contribution in [2.45, 2.75) is 20.8 Å². The van der Waals surface area contributed by atoms with Crippen molar-refractivity contribution in [3.05, 3.63) is 46.8 Å². The maximum absolute atomic E-state index is 13.6. The van der Waals surface area contributed by atoms with Gasteiger partial charge in [0.2, 0.25) is 0 Å². The zero-order chi connectivity index (χ0) is 10.3. The lowest BCUT2D eigenvalue weighted by Gasteiger charge is -2.09. The molecule has 2 aromatic rings. The zero-order valence-electron chi connectivity index (χ0n) is 8.69. The Kier molecular flexibility index (Phi) is 2.03. The Morgan fingerprint density at radius 1 is 1.00 bits per heavy atom. The van der Waals surface area contributed by atoms with Gasteiger partial charge in [-0.25, -0.2) is 4.39 Å². The van der Waals surface area contributed by atoms with Crippen LogP contribution >= 0.6 is 0 Å². The molecule has 0 saturated heterocycles. The molecule has 0 amide bonds. The van der Waals surface area contributed by atoms with Gasteiger partial charge in [-0.2, -0.15) is 0 Å². The summed E-state index contributed by atoms with van der Waals surface area (Å²) in [5.74, 6) is -0.122. The van der Waals surface area contributed by atoms with Crippen LogP contribution < -0.4 is 0 Å². The molecular weight excluding hydrogens is 175 g/mol. The van der Waals surface area contributed by atoms with Crippen LogP contribution in [0.2, 0.25) is 0 Å². The largest absolute Gasteiger partial charge is 0.206 e. The van der Waals surface area contributed by atoms with Crippen LogP contribution in [-0.2, 0) is 0 Å². The molecule has 0 fully saturated rings. The van der Waals surface area contributed by atoms with Crippen molar-refractivity contribution in [1.82, 2.24) is 0 Å². The highest BCUT2D eigenvalue weighted by atomic mass is 19.1. The van der Waals surface area contributed by atoms with E-state index in [9.17, 15) is 4.39 Å². The number of aryl methyl sites for hydroxylation is 3. The number of benzene rings is 2. The van der Waals surface area contributed by atoms with Crippen LogP contribution in [0.4, 0.5) is 4.39 Å². The van der Waals surface area contributed by atoms with Crippen LogP contribution in [0.3, 0.4) is 0 Å². The van der Waals surface area contributed by atoms with Crippen LogP contribution in [0.5, 0.6) is 0 Å². The van der Waals surface area contributed by atoms with Gasteiger partial charge in [-0.1, -0.05) is 18.2 Å². The van der Waals surface area contributed by atoms with E-state index in [0.717, 1.165) is 16.3 Å². The predicted molar refractivity (Wildman–Crippen MR) is 58.1 cm³/mol. The second kappa shape index (κ2) is 3.09. The topological polar surface area (TPSA) is 0 Å². The molecular formula is C13H13F. The highest BCUT2D eigenvalue weighted by Crippen LogP contribution is 2.26. The molecule has 0 aliphatic carbocycles. The molecule has 0 spiro atoms. The molecule has 0 unspecified atom stereocenters. The summed E-state index contributed by atoms with van der Waals surface area (Å²) in [4.78, 5) is 0. The van der Waals surface area contributed by atoms with Crippen molar-refractivity contribution >= 4 is 10.8 Å². The molecule has 14 heavy (non-hydrogen) atoms. The standard InChI is InChI=1S/C13H13F/c1-8-7-9(2)13-11(10(8)3)5-4-6-12(13)14/h4-7H,1-3H3. The third-order valence-electron chi connectivity index (χ3n) is 2.84. The summed E-state index contributed by atoms with van der Waals surface area (Å²) in [6.07, 6.45) is 0. The van der Waals surface area contributed by atoms with Crippen LogP contribution in [0.25, 0.3) is 10.8 Å². The van der Waals surface area contributed by atoms with Gasteiger partial charge in [0, 0.05) is 5.39 Å². The number of fused-ring (bicyclic) bond motifs is 1. The summed E-state index contributed by atoms with van der Waals surface area (Å²) < 4.78 is 13.6. The first-order valence-electron chi connectivity index (χ1n) is 4.76. The fraction of sp³-hybridized carbons (Fsp3) is 0.231. The van der Waals surface area contributed by atoms with E-state index in [1.54, 1.807) is 6.07 Å². The maximum Gasteiger partial charge on any atom is 0.131 e. The van der Waals surface area contributed by atoms with Gasteiger partial charge in [-0.3, -0.25) is 0 Å². The normalized spacial score (nSPS) is 10.9. The number of halogens is 1. The fourth-order valence-corrected chi connectivity index (χ4v) is 1.96. The molecule has 0 atom stereocenters. The van der Waals surface area contributed by atoms with Gasteiger partial charge < -0.3 is 0 Å². The van der Waals surface area contributed by atoms with Crippen molar-refractivity contribution in [3.63, 3.8) is 0 Å². The summed E-state index contributed by atoms with van der Waals surface area (Å²) in [6.45, 7) is 6.06. The summed E-state index contributed by atoms with van der Waals surface area (Å²) >= 11 is 0. The Morgan fingerprint density at radius 3 is 2.43 bits per heavy atom. The van der Waals surface area contributed by atoms with E-state index >= 15 is 0 Å². The number of hydrogen-bond acceptors (Lipinski definition) is 0. The smallest absolute Gasteiger partial charge is 0.131 e. The SMILES string of the molecule is Cc1cc(C)c2c(F)cccc2c1C. The lowest BCUT2D eigenvalue weighted by molar-refractivity contribution is 0.639. The van der Waals surface area contributed by atoms with Gasteiger partial charge in [-0.15, -0.1) is 0 Å². The third-order valence-corrected chi connectivity index (χ3v) is 2.84. The zero-order valence-corrected chi connectivity index (χ0v) is 8.69. The van der Waals surface area contributed by atoms with Crippen LogP contribution in [-0.4, -0.2) is 0 Å². The van der Waals surface area contributed by atoms with E-state index in [1.165, 1.54) is 17.2 Å². The molecule has 2 rings (SSSR count). The first kappa shape index (κ1) is 9.20. The van der Waals surface area contributed by atoms with E-state index in [1.807, 2.05) is 26.0 Å². The Labute approximate surface area is 83.4 Å². The van der Waals surface area contributed by atoms with Gasteiger partial charge in [0.1, 0.15) is 5.82 Å². The molecule has 0 radical (unpaired) electrons. The number of rotatable bonds is 0. The van der Waals surface area contributed by atoms with Crippen LogP contribution in [0, 0.1) is 26.6 Å². The second-order valence-corrected chi connectivity index (χ2v) is 3.80. The van der Waals surface area contributed by atoms with Gasteiger partial charge >= 0.3 is 0 Å². The van der Waals surface area contributed by atoms with E-state index in [-0.39, 0.29) is 5.82 Å². The average molecular weight is 188 g/mol. The maximum atomic E-state index is 13.6. The van der Waals surface area contributed by atoms with Gasteiger partial charge in [-0.05, 0) is 48.9 Å². The van der Waals surface area contributed by atoms with Gasteiger partial charge in [0.25, 0.3) is 0 Å². The van der Waals surface area contributed by atoms with E-state index in [4.69, 9.17) is 0 Å². The Morgan fingerprint density at radius 2 is 1.71 bits per heavy atom. The van der Waals surface area contributed by atoms with Crippen molar-refractivity contribution in [2.75, 3.05) is 0 Å². The molecule has 0 heterocycles. The summed E-state index contributed by atoms with van der Waals surface area (Å²) in [5, 5.41) is 1.79. The van der Waals surface area contributed by atoms with E-state index in [0.29, 0.717) is 0 Å². The molecule has 0 aliphatic heterocycles. The average Bonchev–Trinajstić information content (AvgIpc) is 2.14. The molecule has 0 aliphatic rings. The highest BCUT2D eigenvalue weighted by Gasteiger charge is 2.07. The molecule has 1 heteroatoms. The van der Waals surface area contributed by atoms with Crippen molar-refractivity contribution in [1.29, 1.82) is 0 Å². The Bertz CT molecular complexity index is 498. The Balaban J connectivity index is 3.02. The minimum atomic E-state index is -0.122. The molecule has 2 aromatic carbocycles. The highest BCUT2D eigenvalue weighted by molar-refractivity contribution is 5.89. The molecule has 0 nitrogen and oxygen atoms in total. The van der Waals surface area contributed by atoms with Gasteiger partial charge in [0.05, 0.1) is 0 Å². The minimum absolute atomic E-state index is 0.122. The van der Waals surface area contributed by atoms with Crippen molar-refractivity contribution in [2.24, 2.45) is 0 Å². The van der Waals surface area contributed by atoms with Crippen molar-refractivity contribution in [3.8, 4) is 0 Å². The molecule has 0 aromatic heterocycles. The first-order chi connectivity index (χ1) is 6.61. The van der Waals surface area contributed by atoms with E-state index in [2.05, 4.69) is 6.92 Å². The lowest BCUT2D eigenvalue weighted by atomic mass is 9.96. The molecule has 0 saturated carbocycles. The quantitative estimate of drug-likeness (QED) is 0.588. The summed E-state index contributed by atoms with van der Waals surface area (Å²) in [5.41, 5.74) is 3.41. The monoisotopic (exact) mass is 188 g/mol. The number of hydrogen-bond donors (Lipinski definition) is 0. The first-order valence-corrected chi connectivity index (χ1v) is 4.76. The second-order valence-electron chi connectivity index (χ2n) is 3.80. The summed E-state index contributed by atoms with van der Waals surface area (Å²) in [6, 6.07) is 7.31. The molecule has 72 valence electrons. The molecule has 0 bridgehead atoms. The van der Waals surface area contributed by atoms with Crippen molar-refractivity contribution < 1.29 is 4.39 Å². The lowest BCUT2D eigenvalue weighted by Crippen LogP contribution is -1.90. The predicted octanol–water partition coefficient (Wildman–Crippen LogP) is 3.90. The summed E-state index contributed by atoms with van der Waals surface area (Å²) in [7, 11) is 0. The Hall–Kier alpha value is -1.37.